The molecule has 1 heterocycles. The highest BCUT2D eigenvalue weighted by Gasteiger charge is 2.29. The van der Waals surface area contributed by atoms with Crippen molar-refractivity contribution < 1.29 is 14.4 Å². The minimum Gasteiger partial charge on any atom is -0.368 e. The fourth-order valence-electron chi connectivity index (χ4n) is 2.32. The van der Waals surface area contributed by atoms with Crippen LogP contribution in [0.25, 0.3) is 0 Å². The third-order valence-electron chi connectivity index (χ3n) is 3.77. The summed E-state index contributed by atoms with van der Waals surface area (Å²) in [4.78, 5) is 38.3. The maximum Gasteiger partial charge on any atom is 0.239 e. The molecular weight excluding hydrogens is 274 g/mol. The zero-order valence-corrected chi connectivity index (χ0v) is 12.3. The van der Waals surface area contributed by atoms with Gasteiger partial charge >= 0.3 is 0 Å². The van der Waals surface area contributed by atoms with Crippen molar-refractivity contribution in [1.29, 1.82) is 0 Å². The first kappa shape index (κ1) is 15.7. The number of primary amides is 1. The van der Waals surface area contributed by atoms with Gasteiger partial charge in [0.25, 0.3) is 0 Å². The highest BCUT2D eigenvalue weighted by molar-refractivity contribution is 5.86. The summed E-state index contributed by atoms with van der Waals surface area (Å²) in [6.45, 7) is 1.89. The SMILES string of the molecule is CN(CC(=O)NC1CC1)C(=O)CN1CCNCC1C(N)=O. The van der Waals surface area contributed by atoms with E-state index in [9.17, 15) is 14.4 Å². The summed E-state index contributed by atoms with van der Waals surface area (Å²) in [7, 11) is 1.59. The van der Waals surface area contributed by atoms with Crippen molar-refractivity contribution in [2.24, 2.45) is 5.73 Å². The van der Waals surface area contributed by atoms with Gasteiger partial charge in [-0.2, -0.15) is 0 Å². The summed E-state index contributed by atoms with van der Waals surface area (Å²) < 4.78 is 0. The lowest BCUT2D eigenvalue weighted by molar-refractivity contribution is -0.137. The van der Waals surface area contributed by atoms with Crippen molar-refractivity contribution >= 4 is 17.7 Å². The van der Waals surface area contributed by atoms with Gasteiger partial charge in [0, 0.05) is 32.7 Å². The minimum atomic E-state index is -0.476. The number of likely N-dealkylation sites (N-methyl/N-ethyl adjacent to an activating group) is 1. The summed E-state index contributed by atoms with van der Waals surface area (Å²) in [5.74, 6) is -0.765. The largest absolute Gasteiger partial charge is 0.368 e. The number of nitrogens with two attached hydrogens (primary N) is 1. The fourth-order valence-corrected chi connectivity index (χ4v) is 2.32. The number of carbonyl (C=O) groups is 3. The van der Waals surface area contributed by atoms with Crippen LogP contribution in [0.1, 0.15) is 12.8 Å². The Morgan fingerprint density at radius 1 is 1.38 bits per heavy atom. The third-order valence-corrected chi connectivity index (χ3v) is 3.77. The molecule has 0 bridgehead atoms. The predicted molar refractivity (Wildman–Crippen MR) is 76.2 cm³/mol. The van der Waals surface area contributed by atoms with Crippen LogP contribution in [-0.2, 0) is 14.4 Å². The molecule has 1 aliphatic carbocycles. The van der Waals surface area contributed by atoms with Gasteiger partial charge in [-0.25, -0.2) is 0 Å². The molecule has 0 aromatic rings. The van der Waals surface area contributed by atoms with Crippen LogP contribution in [0.5, 0.6) is 0 Å². The third kappa shape index (κ3) is 4.68. The summed E-state index contributed by atoms with van der Waals surface area (Å²) in [5.41, 5.74) is 5.34. The number of carbonyl (C=O) groups excluding carboxylic acids is 3. The average Bonchev–Trinajstić information content (AvgIpc) is 3.22. The Hall–Kier alpha value is -1.67. The van der Waals surface area contributed by atoms with Gasteiger partial charge in [0.2, 0.25) is 17.7 Å². The molecule has 21 heavy (non-hydrogen) atoms. The monoisotopic (exact) mass is 297 g/mol. The molecule has 2 fully saturated rings. The number of piperazine rings is 1. The molecule has 4 N–H and O–H groups in total. The van der Waals surface area contributed by atoms with Crippen molar-refractivity contribution in [2.75, 3.05) is 39.8 Å². The molecule has 8 nitrogen and oxygen atoms in total. The Morgan fingerprint density at radius 2 is 2.10 bits per heavy atom. The first-order valence-corrected chi connectivity index (χ1v) is 7.25. The van der Waals surface area contributed by atoms with Crippen LogP contribution < -0.4 is 16.4 Å². The molecule has 118 valence electrons. The predicted octanol–water partition coefficient (Wildman–Crippen LogP) is -2.52. The van der Waals surface area contributed by atoms with E-state index in [1.54, 1.807) is 11.9 Å². The number of rotatable bonds is 6. The number of hydrogen-bond acceptors (Lipinski definition) is 5. The Bertz CT molecular complexity index is 424. The van der Waals surface area contributed by atoms with Gasteiger partial charge in [-0.15, -0.1) is 0 Å². The van der Waals surface area contributed by atoms with E-state index >= 15 is 0 Å². The second kappa shape index (κ2) is 6.86. The second-order valence-corrected chi connectivity index (χ2v) is 5.68. The van der Waals surface area contributed by atoms with Gasteiger partial charge in [-0.3, -0.25) is 19.3 Å². The maximum absolute atomic E-state index is 12.1. The van der Waals surface area contributed by atoms with Gasteiger partial charge in [0.15, 0.2) is 0 Å². The van der Waals surface area contributed by atoms with E-state index in [4.69, 9.17) is 5.73 Å². The lowest BCUT2D eigenvalue weighted by Gasteiger charge is -2.34. The molecule has 8 heteroatoms. The van der Waals surface area contributed by atoms with Gasteiger partial charge in [-0.1, -0.05) is 0 Å². The molecule has 3 amide bonds. The summed E-state index contributed by atoms with van der Waals surface area (Å²) in [6.07, 6.45) is 2.04. The van der Waals surface area contributed by atoms with Crippen molar-refractivity contribution in [3.63, 3.8) is 0 Å². The van der Waals surface area contributed by atoms with Crippen molar-refractivity contribution in [1.82, 2.24) is 20.4 Å². The van der Waals surface area contributed by atoms with Crippen LogP contribution in [0.3, 0.4) is 0 Å². The van der Waals surface area contributed by atoms with Crippen LogP contribution in [0.2, 0.25) is 0 Å². The lowest BCUT2D eigenvalue weighted by atomic mass is 10.2. The zero-order chi connectivity index (χ0) is 15.4. The van der Waals surface area contributed by atoms with Gasteiger partial charge in [0.1, 0.15) is 6.04 Å². The van der Waals surface area contributed by atoms with E-state index < -0.39 is 11.9 Å². The Kier molecular flexibility index (Phi) is 5.13. The molecule has 1 saturated heterocycles. The van der Waals surface area contributed by atoms with E-state index in [-0.39, 0.29) is 30.9 Å². The molecule has 1 atom stereocenters. The van der Waals surface area contributed by atoms with E-state index in [1.807, 2.05) is 0 Å². The Morgan fingerprint density at radius 3 is 2.71 bits per heavy atom. The van der Waals surface area contributed by atoms with Crippen LogP contribution in [0.15, 0.2) is 0 Å². The smallest absolute Gasteiger partial charge is 0.239 e. The van der Waals surface area contributed by atoms with E-state index in [0.29, 0.717) is 19.6 Å². The van der Waals surface area contributed by atoms with E-state index in [1.165, 1.54) is 4.90 Å². The quantitative estimate of drug-likeness (QED) is 0.501. The molecule has 0 aromatic heterocycles. The Labute approximate surface area is 124 Å². The van der Waals surface area contributed by atoms with Crippen LogP contribution in [0, 0.1) is 0 Å². The summed E-state index contributed by atoms with van der Waals surface area (Å²) in [6, 6.07) is -0.190. The minimum absolute atomic E-state index is 0.0443. The second-order valence-electron chi connectivity index (χ2n) is 5.68. The zero-order valence-electron chi connectivity index (χ0n) is 12.3. The van der Waals surface area contributed by atoms with Crippen LogP contribution in [-0.4, -0.2) is 79.4 Å². The number of nitrogens with one attached hydrogen (secondary N) is 2. The van der Waals surface area contributed by atoms with E-state index in [2.05, 4.69) is 10.6 Å². The first-order chi connectivity index (χ1) is 9.97. The highest BCUT2D eigenvalue weighted by atomic mass is 16.2. The molecule has 2 aliphatic rings. The van der Waals surface area contributed by atoms with E-state index in [0.717, 1.165) is 12.8 Å². The van der Waals surface area contributed by atoms with Gasteiger partial charge < -0.3 is 21.3 Å². The number of amides is 3. The summed E-state index contributed by atoms with van der Waals surface area (Å²) >= 11 is 0. The molecule has 0 aromatic carbocycles. The van der Waals surface area contributed by atoms with Crippen LogP contribution in [0.4, 0.5) is 0 Å². The molecule has 1 unspecified atom stereocenters. The normalized spacial score (nSPS) is 22.6. The lowest BCUT2D eigenvalue weighted by Crippen LogP contribution is -2.59. The average molecular weight is 297 g/mol. The number of nitrogens with zero attached hydrogens (tertiary/aromatic N) is 2. The fraction of sp³-hybridized carbons (Fsp3) is 0.769. The highest BCUT2D eigenvalue weighted by Crippen LogP contribution is 2.18. The topological polar surface area (TPSA) is 108 Å². The van der Waals surface area contributed by atoms with Crippen molar-refractivity contribution in [3.8, 4) is 0 Å². The standard InChI is InChI=1S/C13H23N5O3/c1-17(7-11(19)16-9-2-3-9)12(20)8-18-5-4-15-6-10(18)13(14)21/h9-10,15H,2-8H2,1H3,(H2,14,21)(H,16,19). The molecule has 0 spiro atoms. The van der Waals surface area contributed by atoms with Crippen molar-refractivity contribution in [2.45, 2.75) is 24.9 Å². The van der Waals surface area contributed by atoms with Crippen LogP contribution >= 0.6 is 0 Å². The molecule has 1 saturated carbocycles. The number of hydrogen-bond donors (Lipinski definition) is 3. The van der Waals surface area contributed by atoms with Gasteiger partial charge in [-0.05, 0) is 12.8 Å². The van der Waals surface area contributed by atoms with Gasteiger partial charge in [0.05, 0.1) is 13.1 Å². The summed E-state index contributed by atoms with van der Waals surface area (Å²) in [5, 5.41) is 5.92. The maximum atomic E-state index is 12.1. The first-order valence-electron chi connectivity index (χ1n) is 7.25. The molecule has 0 radical (unpaired) electrons. The molecular formula is C13H23N5O3. The van der Waals surface area contributed by atoms with Crippen molar-refractivity contribution in [3.05, 3.63) is 0 Å². The molecule has 2 rings (SSSR count). The molecule has 1 aliphatic heterocycles. The Balaban J connectivity index is 1.80.